The van der Waals surface area contributed by atoms with E-state index in [1.54, 1.807) is 6.92 Å². The molecule has 5 atom stereocenters. The van der Waals surface area contributed by atoms with Crippen molar-refractivity contribution in [2.45, 2.75) is 70.6 Å². The molecule has 0 aromatic heterocycles. The molecule has 10 N–H and O–H groups in total. The van der Waals surface area contributed by atoms with Crippen LogP contribution >= 0.6 is 11.8 Å². The van der Waals surface area contributed by atoms with Gasteiger partial charge in [0.1, 0.15) is 18.1 Å². The van der Waals surface area contributed by atoms with Crippen molar-refractivity contribution in [3.8, 4) is 0 Å². The predicted molar refractivity (Wildman–Crippen MR) is 129 cm³/mol. The zero-order chi connectivity index (χ0) is 25.6. The number of carbonyl (C=O) groups excluding carboxylic acids is 3. The van der Waals surface area contributed by atoms with Gasteiger partial charge in [-0.2, -0.15) is 11.8 Å². The average Bonchev–Trinajstić information content (AvgIpc) is 2.76. The minimum atomic E-state index is -1.14. The summed E-state index contributed by atoms with van der Waals surface area (Å²) in [6.45, 7) is 5.32. The number of aliphatic carboxylic acids is 1. The van der Waals surface area contributed by atoms with Gasteiger partial charge in [-0.05, 0) is 44.1 Å². The topological polar surface area (TPSA) is 215 Å². The normalized spacial score (nSPS) is 15.3. The van der Waals surface area contributed by atoms with Gasteiger partial charge in [0, 0.05) is 6.54 Å². The third-order valence-electron chi connectivity index (χ3n) is 5.08. The maximum atomic E-state index is 12.7. The van der Waals surface area contributed by atoms with Crippen molar-refractivity contribution in [1.29, 1.82) is 0 Å². The molecule has 0 radical (unpaired) electrons. The Labute approximate surface area is 199 Å². The second-order valence-electron chi connectivity index (χ2n) is 7.84. The largest absolute Gasteiger partial charge is 0.480 e. The Morgan fingerprint density at radius 3 is 2.15 bits per heavy atom. The molecule has 5 unspecified atom stereocenters. The van der Waals surface area contributed by atoms with Crippen molar-refractivity contribution in [3.63, 3.8) is 0 Å². The first-order valence-electron chi connectivity index (χ1n) is 10.9. The molecule has 0 fully saturated rings. The van der Waals surface area contributed by atoms with Crippen LogP contribution in [-0.2, 0) is 19.2 Å². The van der Waals surface area contributed by atoms with Gasteiger partial charge in [0.25, 0.3) is 0 Å². The third kappa shape index (κ3) is 12.3. The number of rotatable bonds is 16. The monoisotopic (exact) mass is 489 g/mol. The second-order valence-corrected chi connectivity index (χ2v) is 8.82. The summed E-state index contributed by atoms with van der Waals surface area (Å²) >= 11 is 1.50. The molecule has 0 bridgehead atoms. The number of hydrogen-bond acceptors (Lipinski definition) is 7. The molecule has 0 spiro atoms. The van der Waals surface area contributed by atoms with Crippen molar-refractivity contribution < 1.29 is 24.3 Å². The van der Waals surface area contributed by atoms with Gasteiger partial charge >= 0.3 is 5.97 Å². The maximum Gasteiger partial charge on any atom is 0.326 e. The molecule has 0 saturated heterocycles. The summed E-state index contributed by atoms with van der Waals surface area (Å²) in [5, 5.41) is 17.0. The lowest BCUT2D eigenvalue weighted by Gasteiger charge is -2.25. The Bertz CT molecular complexity index is 688. The summed E-state index contributed by atoms with van der Waals surface area (Å²) in [6, 6.07) is -3.80. The lowest BCUT2D eigenvalue weighted by Crippen LogP contribution is -2.57. The van der Waals surface area contributed by atoms with Crippen LogP contribution in [0.1, 0.15) is 46.5 Å². The summed E-state index contributed by atoms with van der Waals surface area (Å²) in [5.41, 5.74) is 16.4. The summed E-state index contributed by atoms with van der Waals surface area (Å²) in [7, 11) is 0. The zero-order valence-electron chi connectivity index (χ0n) is 19.8. The van der Waals surface area contributed by atoms with Crippen LogP contribution < -0.4 is 33.2 Å². The lowest BCUT2D eigenvalue weighted by atomic mass is 9.99. The smallest absolute Gasteiger partial charge is 0.326 e. The van der Waals surface area contributed by atoms with E-state index in [0.717, 1.165) is 0 Å². The molecule has 33 heavy (non-hydrogen) atoms. The Hall–Kier alpha value is -2.54. The van der Waals surface area contributed by atoms with Crippen LogP contribution in [0.2, 0.25) is 0 Å². The number of nitrogens with two attached hydrogens (primary N) is 3. The maximum absolute atomic E-state index is 12.7. The van der Waals surface area contributed by atoms with Crippen LogP contribution in [0.15, 0.2) is 4.99 Å². The van der Waals surface area contributed by atoms with Gasteiger partial charge in [0.2, 0.25) is 17.7 Å². The quantitative estimate of drug-likeness (QED) is 0.0779. The van der Waals surface area contributed by atoms with Gasteiger partial charge in [-0.15, -0.1) is 0 Å². The fraction of sp³-hybridized carbons (Fsp3) is 0.750. The molecule has 13 heteroatoms. The lowest BCUT2D eigenvalue weighted by molar-refractivity contribution is -0.143. The number of carboxylic acid groups (broad SMARTS) is 1. The molecule has 0 aliphatic rings. The van der Waals surface area contributed by atoms with Gasteiger partial charge in [-0.3, -0.25) is 19.4 Å². The highest BCUT2D eigenvalue weighted by molar-refractivity contribution is 7.98. The summed E-state index contributed by atoms with van der Waals surface area (Å²) < 4.78 is 0. The molecule has 0 aromatic rings. The standard InChI is InChI=1S/C20H39N7O5S/c1-5-11(2)15(19(31)32)27-16(28)12(3)25-18(30)14(8-10-33-4)26-17(29)13(21)7-6-9-24-20(22)23/h11-15H,5-10,21H2,1-4H3,(H,25,30)(H,26,29)(H,27,28)(H,31,32)(H4,22,23,24). The number of thioether (sulfide) groups is 1. The van der Waals surface area contributed by atoms with Crippen LogP contribution in [0.25, 0.3) is 0 Å². The van der Waals surface area contributed by atoms with E-state index in [1.165, 1.54) is 18.7 Å². The van der Waals surface area contributed by atoms with E-state index >= 15 is 0 Å². The van der Waals surface area contributed by atoms with Gasteiger partial charge in [-0.1, -0.05) is 20.3 Å². The van der Waals surface area contributed by atoms with Gasteiger partial charge in [-0.25, -0.2) is 4.79 Å². The average molecular weight is 490 g/mol. The Balaban J connectivity index is 4.99. The van der Waals surface area contributed by atoms with Crippen LogP contribution in [0.5, 0.6) is 0 Å². The summed E-state index contributed by atoms with van der Waals surface area (Å²) in [5.74, 6) is -2.55. The number of carboxylic acids is 1. The number of nitrogens with zero attached hydrogens (tertiary/aromatic N) is 1. The fourth-order valence-electron chi connectivity index (χ4n) is 2.77. The molecular formula is C20H39N7O5S. The van der Waals surface area contributed by atoms with Crippen molar-refractivity contribution in [2.75, 3.05) is 18.6 Å². The molecular weight excluding hydrogens is 450 g/mol. The number of hydrogen-bond donors (Lipinski definition) is 7. The van der Waals surface area contributed by atoms with Crippen LogP contribution in [0, 0.1) is 5.92 Å². The fourth-order valence-corrected chi connectivity index (χ4v) is 3.25. The molecule has 3 amide bonds. The van der Waals surface area contributed by atoms with Crippen molar-refractivity contribution >= 4 is 41.4 Å². The van der Waals surface area contributed by atoms with Crippen molar-refractivity contribution in [2.24, 2.45) is 28.1 Å². The van der Waals surface area contributed by atoms with Crippen molar-refractivity contribution in [3.05, 3.63) is 0 Å². The number of aliphatic imine (C=N–C) groups is 1. The molecule has 12 nitrogen and oxygen atoms in total. The zero-order valence-corrected chi connectivity index (χ0v) is 20.6. The summed E-state index contributed by atoms with van der Waals surface area (Å²) in [4.78, 5) is 52.9. The van der Waals surface area contributed by atoms with E-state index in [4.69, 9.17) is 17.2 Å². The number of carbonyl (C=O) groups is 4. The van der Waals surface area contributed by atoms with E-state index in [-0.39, 0.29) is 11.9 Å². The minimum absolute atomic E-state index is 0.0428. The highest BCUT2D eigenvalue weighted by atomic mass is 32.2. The molecule has 0 heterocycles. The van der Waals surface area contributed by atoms with E-state index in [1.807, 2.05) is 13.2 Å². The highest BCUT2D eigenvalue weighted by Crippen LogP contribution is 2.08. The number of guanidine groups is 1. The number of nitrogens with one attached hydrogen (secondary N) is 3. The highest BCUT2D eigenvalue weighted by Gasteiger charge is 2.29. The van der Waals surface area contributed by atoms with Gasteiger partial charge in [0.15, 0.2) is 5.96 Å². The number of amides is 3. The Morgan fingerprint density at radius 1 is 1.00 bits per heavy atom. The van der Waals surface area contributed by atoms with E-state index in [2.05, 4.69) is 20.9 Å². The summed E-state index contributed by atoms with van der Waals surface area (Å²) in [6.07, 6.45) is 3.57. The van der Waals surface area contributed by atoms with Crippen LogP contribution in [0.4, 0.5) is 0 Å². The molecule has 0 rings (SSSR count). The molecule has 190 valence electrons. The van der Waals surface area contributed by atoms with E-state index < -0.39 is 47.9 Å². The first kappa shape index (κ1) is 30.5. The van der Waals surface area contributed by atoms with Gasteiger partial charge in [0.05, 0.1) is 6.04 Å². The Morgan fingerprint density at radius 2 is 1.64 bits per heavy atom. The molecule has 0 aliphatic heterocycles. The SMILES string of the molecule is CCC(C)C(NC(=O)C(C)NC(=O)C(CCSC)NC(=O)C(N)CCCN=C(N)N)C(=O)O. The van der Waals surface area contributed by atoms with Crippen LogP contribution in [-0.4, -0.2) is 77.5 Å². The van der Waals surface area contributed by atoms with E-state index in [9.17, 15) is 24.3 Å². The molecule has 0 aliphatic carbocycles. The van der Waals surface area contributed by atoms with E-state index in [0.29, 0.717) is 38.0 Å². The predicted octanol–water partition coefficient (Wildman–Crippen LogP) is -1.27. The first-order chi connectivity index (χ1) is 15.4. The molecule has 0 aromatic carbocycles. The minimum Gasteiger partial charge on any atom is -0.480 e. The second kappa shape index (κ2) is 16.1. The molecule has 0 saturated carbocycles. The van der Waals surface area contributed by atoms with Crippen molar-refractivity contribution in [1.82, 2.24) is 16.0 Å². The van der Waals surface area contributed by atoms with Gasteiger partial charge < -0.3 is 38.3 Å². The first-order valence-corrected chi connectivity index (χ1v) is 12.3. The Kier molecular flexibility index (Phi) is 14.9. The van der Waals surface area contributed by atoms with Crippen LogP contribution in [0.3, 0.4) is 0 Å². The third-order valence-corrected chi connectivity index (χ3v) is 5.72.